The van der Waals surface area contributed by atoms with Crippen molar-refractivity contribution in [2.75, 3.05) is 13.1 Å². The Hall–Kier alpha value is -1.02. The van der Waals surface area contributed by atoms with Crippen LogP contribution in [0.3, 0.4) is 0 Å². The van der Waals surface area contributed by atoms with Crippen molar-refractivity contribution in [1.82, 2.24) is 13.9 Å². The maximum absolute atomic E-state index is 13.0. The van der Waals surface area contributed by atoms with Gasteiger partial charge in [-0.3, -0.25) is 0 Å². The van der Waals surface area contributed by atoms with Crippen LogP contribution in [0.25, 0.3) is 0 Å². The Bertz CT molecular complexity index is 558. The van der Waals surface area contributed by atoms with Crippen molar-refractivity contribution in [3.05, 3.63) is 12.0 Å². The second kappa shape index (κ2) is 4.82. The third-order valence-electron chi connectivity index (χ3n) is 3.35. The third kappa shape index (κ3) is 2.79. The first kappa shape index (κ1) is 14.4. The molecule has 0 bridgehead atoms. The fraction of sp³-hybridized carbons (Fsp3) is 0.727. The zero-order chi connectivity index (χ0) is 14.3. The van der Waals surface area contributed by atoms with Crippen molar-refractivity contribution >= 4 is 10.0 Å². The van der Waals surface area contributed by atoms with Crippen LogP contribution in [0, 0.1) is 6.92 Å². The monoisotopic (exact) mass is 293 g/mol. The lowest BCUT2D eigenvalue weighted by molar-refractivity contribution is -0.0412. The molecule has 1 saturated heterocycles. The molecule has 1 aliphatic rings. The summed E-state index contributed by atoms with van der Waals surface area (Å²) in [5, 5.41) is -0.0583. The first-order valence-corrected chi connectivity index (χ1v) is 7.62. The van der Waals surface area contributed by atoms with E-state index >= 15 is 0 Å². The van der Waals surface area contributed by atoms with Gasteiger partial charge in [0.15, 0.2) is 5.03 Å². The Morgan fingerprint density at radius 1 is 1.37 bits per heavy atom. The number of halogens is 2. The predicted molar refractivity (Wildman–Crippen MR) is 65.6 cm³/mol. The van der Waals surface area contributed by atoms with Gasteiger partial charge in [-0.1, -0.05) is 0 Å². The number of sulfonamides is 1. The first-order valence-electron chi connectivity index (χ1n) is 6.18. The van der Waals surface area contributed by atoms with E-state index in [1.807, 2.05) is 6.92 Å². The molecule has 0 aromatic carbocycles. The molecule has 108 valence electrons. The topological polar surface area (TPSA) is 55.2 Å². The molecule has 5 nitrogen and oxygen atoms in total. The average molecular weight is 293 g/mol. The summed E-state index contributed by atoms with van der Waals surface area (Å²) in [6, 6.07) is 0. The van der Waals surface area contributed by atoms with Gasteiger partial charge in [-0.2, -0.15) is 4.31 Å². The van der Waals surface area contributed by atoms with Gasteiger partial charge in [-0.25, -0.2) is 22.2 Å². The van der Waals surface area contributed by atoms with Crippen LogP contribution in [0.15, 0.2) is 11.2 Å². The van der Waals surface area contributed by atoms with E-state index < -0.39 is 28.8 Å². The molecule has 19 heavy (non-hydrogen) atoms. The lowest BCUT2D eigenvalue weighted by Gasteiger charge is -2.30. The van der Waals surface area contributed by atoms with Gasteiger partial charge in [0.25, 0.3) is 15.9 Å². The summed E-state index contributed by atoms with van der Waals surface area (Å²) >= 11 is 0. The Kier molecular flexibility index (Phi) is 3.65. The summed E-state index contributed by atoms with van der Waals surface area (Å²) in [6.45, 7) is 3.90. The molecule has 0 atom stereocenters. The van der Waals surface area contributed by atoms with Crippen LogP contribution in [0.5, 0.6) is 0 Å². The molecule has 0 radical (unpaired) electrons. The summed E-state index contributed by atoms with van der Waals surface area (Å²) in [6.07, 6.45) is 0.594. The molecule has 0 unspecified atom stereocenters. The van der Waals surface area contributed by atoms with Crippen LogP contribution in [-0.2, 0) is 16.6 Å². The van der Waals surface area contributed by atoms with E-state index in [9.17, 15) is 17.2 Å². The summed E-state index contributed by atoms with van der Waals surface area (Å²) < 4.78 is 53.5. The molecule has 2 heterocycles. The molecule has 2 rings (SSSR count). The maximum Gasteiger partial charge on any atom is 0.262 e. The molecule has 1 aliphatic heterocycles. The van der Waals surface area contributed by atoms with Crippen LogP contribution >= 0.6 is 0 Å². The van der Waals surface area contributed by atoms with Crippen LogP contribution < -0.4 is 0 Å². The quantitative estimate of drug-likeness (QED) is 0.851. The number of alkyl halides is 2. The summed E-state index contributed by atoms with van der Waals surface area (Å²) in [7, 11) is -3.76. The van der Waals surface area contributed by atoms with Gasteiger partial charge in [0.05, 0.1) is 0 Å². The second-order valence-corrected chi connectivity index (χ2v) is 6.56. The summed E-state index contributed by atoms with van der Waals surface area (Å²) in [4.78, 5) is 4.01. The number of nitrogens with zero attached hydrogens (tertiary/aromatic N) is 3. The van der Waals surface area contributed by atoms with E-state index in [0.29, 0.717) is 12.4 Å². The molecule has 1 fully saturated rings. The number of hydrogen-bond acceptors (Lipinski definition) is 3. The zero-order valence-electron chi connectivity index (χ0n) is 10.9. The molecular formula is C11H17F2N3O2S. The molecule has 0 spiro atoms. The van der Waals surface area contributed by atoms with E-state index in [-0.39, 0.29) is 18.1 Å². The average Bonchev–Trinajstić information content (AvgIpc) is 2.70. The largest absolute Gasteiger partial charge is 0.334 e. The Balaban J connectivity index is 2.23. The van der Waals surface area contributed by atoms with Crippen molar-refractivity contribution in [3.8, 4) is 0 Å². The van der Waals surface area contributed by atoms with Crippen LogP contribution in [-0.4, -0.2) is 41.3 Å². The molecule has 0 saturated carbocycles. The highest BCUT2D eigenvalue weighted by Gasteiger charge is 2.39. The van der Waals surface area contributed by atoms with E-state index in [4.69, 9.17) is 0 Å². The number of aryl methyl sites for hydroxylation is 2. The number of hydrogen-bond donors (Lipinski definition) is 0. The third-order valence-corrected chi connectivity index (χ3v) is 5.12. The molecule has 1 aromatic heterocycles. The fourth-order valence-electron chi connectivity index (χ4n) is 2.11. The Labute approximate surface area is 111 Å². The van der Waals surface area contributed by atoms with Gasteiger partial charge in [-0.05, 0) is 13.8 Å². The van der Waals surface area contributed by atoms with Gasteiger partial charge < -0.3 is 4.57 Å². The fourth-order valence-corrected chi connectivity index (χ4v) is 3.55. The van der Waals surface area contributed by atoms with Crippen molar-refractivity contribution in [2.45, 2.75) is 44.2 Å². The molecule has 0 amide bonds. The van der Waals surface area contributed by atoms with Crippen molar-refractivity contribution in [1.29, 1.82) is 0 Å². The first-order chi connectivity index (χ1) is 8.76. The summed E-state index contributed by atoms with van der Waals surface area (Å²) in [5.41, 5.74) is 0. The minimum atomic E-state index is -3.76. The Morgan fingerprint density at radius 3 is 2.42 bits per heavy atom. The number of piperidine rings is 1. The number of imidazole rings is 1. The standard InChI is InChI=1S/C11H17F2N3O2S/c1-3-15-8-10(14-9(15)2)19(17,18)16-6-4-11(12,13)5-7-16/h8H,3-7H2,1-2H3. The van der Waals surface area contributed by atoms with Crippen molar-refractivity contribution in [2.24, 2.45) is 0 Å². The van der Waals surface area contributed by atoms with Gasteiger partial charge in [0.2, 0.25) is 0 Å². The van der Waals surface area contributed by atoms with Crippen LogP contribution in [0.4, 0.5) is 8.78 Å². The van der Waals surface area contributed by atoms with Gasteiger partial charge in [-0.15, -0.1) is 0 Å². The SMILES string of the molecule is CCn1cc(S(=O)(=O)N2CCC(F)(F)CC2)nc1C. The van der Waals surface area contributed by atoms with Crippen molar-refractivity contribution < 1.29 is 17.2 Å². The van der Waals surface area contributed by atoms with Crippen LogP contribution in [0.1, 0.15) is 25.6 Å². The summed E-state index contributed by atoms with van der Waals surface area (Å²) in [5.74, 6) is -2.16. The number of aromatic nitrogens is 2. The molecule has 1 aromatic rings. The number of rotatable bonds is 3. The predicted octanol–water partition coefficient (Wildman–Crippen LogP) is 1.63. The van der Waals surface area contributed by atoms with Gasteiger partial charge in [0.1, 0.15) is 5.82 Å². The highest BCUT2D eigenvalue weighted by atomic mass is 32.2. The molecular weight excluding hydrogens is 276 g/mol. The van der Waals surface area contributed by atoms with Gasteiger partial charge in [0, 0.05) is 38.7 Å². The van der Waals surface area contributed by atoms with E-state index in [0.717, 1.165) is 4.31 Å². The second-order valence-electron chi connectivity index (χ2n) is 4.67. The van der Waals surface area contributed by atoms with Crippen LogP contribution in [0.2, 0.25) is 0 Å². The highest BCUT2D eigenvalue weighted by Crippen LogP contribution is 2.30. The molecule has 8 heteroatoms. The van der Waals surface area contributed by atoms with E-state index in [1.165, 1.54) is 6.20 Å². The highest BCUT2D eigenvalue weighted by molar-refractivity contribution is 7.89. The maximum atomic E-state index is 13.0. The molecule has 0 aliphatic carbocycles. The normalized spacial score (nSPS) is 20.6. The smallest absolute Gasteiger partial charge is 0.262 e. The minimum Gasteiger partial charge on any atom is -0.334 e. The lowest BCUT2D eigenvalue weighted by atomic mass is 10.1. The van der Waals surface area contributed by atoms with Gasteiger partial charge >= 0.3 is 0 Å². The zero-order valence-corrected chi connectivity index (χ0v) is 11.8. The van der Waals surface area contributed by atoms with Crippen molar-refractivity contribution in [3.63, 3.8) is 0 Å². The molecule has 0 N–H and O–H groups in total. The Morgan fingerprint density at radius 2 is 1.95 bits per heavy atom. The lowest BCUT2D eigenvalue weighted by Crippen LogP contribution is -2.42. The van der Waals surface area contributed by atoms with E-state index in [2.05, 4.69) is 4.98 Å². The minimum absolute atomic E-state index is 0.0583. The van der Waals surface area contributed by atoms with E-state index in [1.54, 1.807) is 11.5 Å².